The van der Waals surface area contributed by atoms with Gasteiger partial charge in [0.1, 0.15) is 4.70 Å². The van der Waals surface area contributed by atoms with Crippen molar-refractivity contribution in [3.63, 3.8) is 0 Å². The number of rotatable bonds is 5. The summed E-state index contributed by atoms with van der Waals surface area (Å²) in [6.07, 6.45) is 1.48. The van der Waals surface area contributed by atoms with Crippen LogP contribution in [0.3, 0.4) is 0 Å². The molecule has 0 bridgehead atoms. The van der Waals surface area contributed by atoms with Crippen molar-refractivity contribution in [1.82, 2.24) is 14.9 Å². The molecular weight excluding hydrogens is 440 g/mol. The first-order chi connectivity index (χ1) is 15.6. The number of nitrogens with one attached hydrogen (secondary N) is 1. The van der Waals surface area contributed by atoms with Gasteiger partial charge >= 0.3 is 0 Å². The number of nitrogens with zero attached hydrogens (tertiary/aromatic N) is 3. The summed E-state index contributed by atoms with van der Waals surface area (Å²) in [5.41, 5.74) is 2.64. The third kappa shape index (κ3) is 4.08. The summed E-state index contributed by atoms with van der Waals surface area (Å²) in [6, 6.07) is 13.9. The first kappa shape index (κ1) is 20.9. The zero-order valence-electron chi connectivity index (χ0n) is 17.8. The van der Waals surface area contributed by atoms with Crippen LogP contribution in [0.5, 0.6) is 0 Å². The number of aromatic nitrogens is 2. The molecule has 3 aromatic heterocycles. The fourth-order valence-corrected chi connectivity index (χ4v) is 5.52. The fraction of sp³-hybridized carbons (Fsp3) is 0.292. The first-order valence-corrected chi connectivity index (χ1v) is 12.5. The van der Waals surface area contributed by atoms with Gasteiger partial charge in [-0.15, -0.1) is 22.7 Å². The van der Waals surface area contributed by atoms with Crippen LogP contribution < -0.4 is 15.8 Å². The maximum absolute atomic E-state index is 13.4. The lowest BCUT2D eigenvalue weighted by atomic mass is 9.96. The lowest BCUT2D eigenvalue weighted by Gasteiger charge is -2.33. The van der Waals surface area contributed by atoms with Gasteiger partial charge in [0, 0.05) is 23.9 Å². The summed E-state index contributed by atoms with van der Waals surface area (Å²) < 4.78 is 2.38. The maximum atomic E-state index is 13.4. The van der Waals surface area contributed by atoms with E-state index in [0.29, 0.717) is 30.3 Å². The molecule has 0 radical (unpaired) electrons. The predicted octanol–water partition coefficient (Wildman–Crippen LogP) is 4.35. The zero-order chi connectivity index (χ0) is 22.1. The Kier molecular flexibility index (Phi) is 5.80. The molecule has 164 valence electrons. The normalized spacial score (nSPS) is 14.7. The molecule has 1 fully saturated rings. The molecule has 0 aliphatic carbocycles. The van der Waals surface area contributed by atoms with Gasteiger partial charge in [-0.1, -0.05) is 23.8 Å². The van der Waals surface area contributed by atoms with Crippen LogP contribution in [0.1, 0.15) is 23.3 Å². The molecule has 6 nitrogen and oxygen atoms in total. The maximum Gasteiger partial charge on any atom is 0.277 e. The molecule has 4 heterocycles. The standard InChI is InChI=1S/C24H24N4O2S2/c1-16-4-6-18(7-5-16)28-23(30)21-20(10-14-32-21)26-24(28)27-11-8-17(9-12-27)22(29)25-15-19-3-2-13-31-19/h2-7,10,13-14,17H,8-9,11-12,15H2,1H3,(H,25,29). The smallest absolute Gasteiger partial charge is 0.277 e. The van der Waals surface area contributed by atoms with E-state index < -0.39 is 0 Å². The summed E-state index contributed by atoms with van der Waals surface area (Å²) in [6.45, 7) is 3.98. The van der Waals surface area contributed by atoms with Gasteiger partial charge in [-0.2, -0.15) is 0 Å². The molecule has 32 heavy (non-hydrogen) atoms. The minimum absolute atomic E-state index is 0.0179. The Morgan fingerprint density at radius 3 is 2.59 bits per heavy atom. The van der Waals surface area contributed by atoms with E-state index in [1.165, 1.54) is 11.3 Å². The Morgan fingerprint density at radius 2 is 1.88 bits per heavy atom. The number of aryl methyl sites for hydroxylation is 1. The van der Waals surface area contributed by atoms with E-state index >= 15 is 0 Å². The van der Waals surface area contributed by atoms with Crippen molar-refractivity contribution in [2.24, 2.45) is 5.92 Å². The van der Waals surface area contributed by atoms with Gasteiger partial charge in [-0.3, -0.25) is 9.59 Å². The Morgan fingerprint density at radius 1 is 1.09 bits per heavy atom. The minimum atomic E-state index is -0.0420. The number of carbonyl (C=O) groups excluding carboxylic acids is 1. The molecule has 1 aliphatic rings. The van der Waals surface area contributed by atoms with E-state index in [-0.39, 0.29) is 17.4 Å². The summed E-state index contributed by atoms with van der Waals surface area (Å²) in [5, 5.41) is 6.99. The van der Waals surface area contributed by atoms with Crippen LogP contribution in [-0.4, -0.2) is 28.5 Å². The summed E-state index contributed by atoms with van der Waals surface area (Å²) in [7, 11) is 0. The molecule has 1 saturated heterocycles. The van der Waals surface area contributed by atoms with Crippen molar-refractivity contribution in [1.29, 1.82) is 0 Å². The van der Waals surface area contributed by atoms with Crippen molar-refractivity contribution >= 4 is 44.7 Å². The highest BCUT2D eigenvalue weighted by Crippen LogP contribution is 2.26. The first-order valence-electron chi connectivity index (χ1n) is 10.7. The number of anilines is 1. The van der Waals surface area contributed by atoms with Crippen molar-refractivity contribution in [3.05, 3.63) is 74.0 Å². The van der Waals surface area contributed by atoms with Crippen molar-refractivity contribution in [2.75, 3.05) is 18.0 Å². The van der Waals surface area contributed by atoms with Gasteiger partial charge in [-0.25, -0.2) is 9.55 Å². The molecule has 8 heteroatoms. The Labute approximate surface area is 194 Å². The van der Waals surface area contributed by atoms with Crippen LogP contribution in [0.4, 0.5) is 5.95 Å². The second-order valence-corrected chi connectivity index (χ2v) is 10.0. The van der Waals surface area contributed by atoms with Crippen LogP contribution in [-0.2, 0) is 11.3 Å². The van der Waals surface area contributed by atoms with Crippen molar-refractivity contribution < 1.29 is 4.79 Å². The number of benzene rings is 1. The molecule has 1 aliphatic heterocycles. The molecule has 4 aromatic rings. The van der Waals surface area contributed by atoms with Gasteiger partial charge < -0.3 is 10.2 Å². The van der Waals surface area contributed by atoms with E-state index in [1.54, 1.807) is 15.9 Å². The van der Waals surface area contributed by atoms with Crippen LogP contribution in [0.25, 0.3) is 15.9 Å². The van der Waals surface area contributed by atoms with Gasteiger partial charge in [0.2, 0.25) is 11.9 Å². The van der Waals surface area contributed by atoms with Crippen molar-refractivity contribution in [2.45, 2.75) is 26.3 Å². The Bertz CT molecular complexity index is 1280. The van der Waals surface area contributed by atoms with Crippen LogP contribution in [0.2, 0.25) is 0 Å². The SMILES string of the molecule is Cc1ccc(-n2c(N3CCC(C(=O)NCc4cccs4)CC3)nc3ccsc3c2=O)cc1. The average molecular weight is 465 g/mol. The molecule has 1 aromatic carbocycles. The lowest BCUT2D eigenvalue weighted by molar-refractivity contribution is -0.125. The molecular formula is C24H24N4O2S2. The third-order valence-corrected chi connectivity index (χ3v) is 7.69. The fourth-order valence-electron chi connectivity index (χ4n) is 4.11. The highest BCUT2D eigenvalue weighted by molar-refractivity contribution is 7.17. The molecule has 1 N–H and O–H groups in total. The van der Waals surface area contributed by atoms with Gasteiger partial charge in [0.25, 0.3) is 5.56 Å². The van der Waals surface area contributed by atoms with Gasteiger partial charge in [-0.05, 0) is 54.8 Å². The number of carbonyl (C=O) groups is 1. The van der Waals surface area contributed by atoms with Gasteiger partial charge in [0.15, 0.2) is 0 Å². The Hall–Kier alpha value is -2.97. The highest BCUT2D eigenvalue weighted by atomic mass is 32.1. The van der Waals surface area contributed by atoms with Crippen LogP contribution >= 0.6 is 22.7 Å². The van der Waals surface area contributed by atoms with Crippen LogP contribution in [0.15, 0.2) is 58.0 Å². The number of piperidine rings is 1. The lowest BCUT2D eigenvalue weighted by Crippen LogP contribution is -2.42. The predicted molar refractivity (Wildman–Crippen MR) is 131 cm³/mol. The van der Waals surface area contributed by atoms with E-state index in [4.69, 9.17) is 4.98 Å². The van der Waals surface area contributed by atoms with E-state index in [1.807, 2.05) is 60.1 Å². The number of amides is 1. The number of thiophene rings is 2. The van der Waals surface area contributed by atoms with Crippen LogP contribution in [0, 0.1) is 12.8 Å². The van der Waals surface area contributed by atoms with E-state index in [0.717, 1.165) is 34.5 Å². The van der Waals surface area contributed by atoms with Crippen molar-refractivity contribution in [3.8, 4) is 5.69 Å². The Balaban J connectivity index is 1.38. The summed E-state index contributed by atoms with van der Waals surface area (Å²) in [5.74, 6) is 0.744. The second kappa shape index (κ2) is 8.88. The molecule has 0 atom stereocenters. The molecule has 0 unspecified atom stereocenters. The van der Waals surface area contributed by atoms with E-state index in [9.17, 15) is 9.59 Å². The highest BCUT2D eigenvalue weighted by Gasteiger charge is 2.28. The number of hydrogen-bond acceptors (Lipinski definition) is 6. The molecule has 0 saturated carbocycles. The molecule has 0 spiro atoms. The quantitative estimate of drug-likeness (QED) is 0.477. The minimum Gasteiger partial charge on any atom is -0.351 e. The average Bonchev–Trinajstić information content (AvgIpc) is 3.50. The summed E-state index contributed by atoms with van der Waals surface area (Å²) in [4.78, 5) is 34.2. The summed E-state index contributed by atoms with van der Waals surface area (Å²) >= 11 is 3.07. The monoisotopic (exact) mass is 464 g/mol. The zero-order valence-corrected chi connectivity index (χ0v) is 19.4. The number of fused-ring (bicyclic) bond motifs is 1. The topological polar surface area (TPSA) is 67.2 Å². The van der Waals surface area contributed by atoms with E-state index in [2.05, 4.69) is 10.2 Å². The largest absolute Gasteiger partial charge is 0.351 e. The molecule has 1 amide bonds. The number of hydrogen-bond donors (Lipinski definition) is 1. The molecule has 5 rings (SSSR count). The second-order valence-electron chi connectivity index (χ2n) is 8.08. The van der Waals surface area contributed by atoms with Gasteiger partial charge in [0.05, 0.1) is 17.7 Å². The third-order valence-electron chi connectivity index (χ3n) is 5.92.